The van der Waals surface area contributed by atoms with Crippen LogP contribution in [-0.4, -0.2) is 48.2 Å². The average molecular weight is 276 g/mol. The molecule has 1 aliphatic rings. The third-order valence-electron chi connectivity index (χ3n) is 3.94. The van der Waals surface area contributed by atoms with E-state index in [2.05, 4.69) is 4.90 Å². The number of carbonyl (C=O) groups excluding carboxylic acids is 1. The second-order valence-corrected chi connectivity index (χ2v) is 5.43. The lowest BCUT2D eigenvalue weighted by Gasteiger charge is -2.31. The van der Waals surface area contributed by atoms with Crippen LogP contribution in [0.1, 0.15) is 25.3 Å². The summed E-state index contributed by atoms with van der Waals surface area (Å²) in [6.07, 6.45) is 1.34. The highest BCUT2D eigenvalue weighted by atomic mass is 16.3. The summed E-state index contributed by atoms with van der Waals surface area (Å²) in [6.45, 7) is 6.76. The number of rotatable bonds is 4. The first-order chi connectivity index (χ1) is 9.61. The Bertz CT molecular complexity index is 454. The zero-order valence-corrected chi connectivity index (χ0v) is 12.4. The van der Waals surface area contributed by atoms with Crippen molar-refractivity contribution in [3.05, 3.63) is 29.8 Å². The third kappa shape index (κ3) is 3.58. The number of piperidine rings is 1. The molecule has 0 spiro atoms. The number of para-hydroxylation sites is 1. The fourth-order valence-electron chi connectivity index (χ4n) is 2.70. The first-order valence-electron chi connectivity index (χ1n) is 7.38. The van der Waals surface area contributed by atoms with Crippen molar-refractivity contribution >= 4 is 11.6 Å². The normalized spacial score (nSPS) is 17.1. The SMILES string of the molecule is CCN(C(=O)CN1CCC(O)CC1)c1ccccc1C. The zero-order valence-electron chi connectivity index (χ0n) is 12.4. The first-order valence-corrected chi connectivity index (χ1v) is 7.38. The molecule has 0 bridgehead atoms. The smallest absolute Gasteiger partial charge is 0.241 e. The summed E-state index contributed by atoms with van der Waals surface area (Å²) < 4.78 is 0. The Morgan fingerprint density at radius 1 is 1.35 bits per heavy atom. The van der Waals surface area contributed by atoms with Gasteiger partial charge in [-0.25, -0.2) is 0 Å². The highest BCUT2D eigenvalue weighted by molar-refractivity contribution is 5.95. The maximum Gasteiger partial charge on any atom is 0.241 e. The van der Waals surface area contributed by atoms with Crippen LogP contribution >= 0.6 is 0 Å². The summed E-state index contributed by atoms with van der Waals surface area (Å²) in [7, 11) is 0. The molecule has 0 atom stereocenters. The van der Waals surface area contributed by atoms with E-state index in [0.29, 0.717) is 13.1 Å². The Hall–Kier alpha value is -1.39. The van der Waals surface area contributed by atoms with E-state index < -0.39 is 0 Å². The number of aliphatic hydroxyl groups excluding tert-OH is 1. The molecular weight excluding hydrogens is 252 g/mol. The van der Waals surface area contributed by atoms with E-state index in [1.165, 1.54) is 0 Å². The Morgan fingerprint density at radius 3 is 2.60 bits per heavy atom. The van der Waals surface area contributed by atoms with Gasteiger partial charge in [0, 0.05) is 25.3 Å². The predicted molar refractivity (Wildman–Crippen MR) is 80.9 cm³/mol. The van der Waals surface area contributed by atoms with Gasteiger partial charge in [0.2, 0.25) is 5.91 Å². The molecule has 1 saturated heterocycles. The number of aryl methyl sites for hydroxylation is 1. The summed E-state index contributed by atoms with van der Waals surface area (Å²) in [5, 5.41) is 9.51. The van der Waals surface area contributed by atoms with Gasteiger partial charge in [0.05, 0.1) is 12.6 Å². The maximum atomic E-state index is 12.5. The monoisotopic (exact) mass is 276 g/mol. The molecule has 0 saturated carbocycles. The number of hydrogen-bond acceptors (Lipinski definition) is 3. The molecule has 0 radical (unpaired) electrons. The topological polar surface area (TPSA) is 43.8 Å². The van der Waals surface area contributed by atoms with Crippen molar-refractivity contribution in [3.8, 4) is 0 Å². The van der Waals surface area contributed by atoms with Crippen LogP contribution in [0.2, 0.25) is 0 Å². The molecule has 1 amide bonds. The van der Waals surface area contributed by atoms with E-state index in [9.17, 15) is 9.90 Å². The van der Waals surface area contributed by atoms with Gasteiger partial charge in [0.25, 0.3) is 0 Å². The largest absolute Gasteiger partial charge is 0.393 e. The van der Waals surface area contributed by atoms with Crippen LogP contribution in [0.15, 0.2) is 24.3 Å². The van der Waals surface area contributed by atoms with Crippen LogP contribution in [0, 0.1) is 6.92 Å². The van der Waals surface area contributed by atoms with Gasteiger partial charge in [-0.15, -0.1) is 0 Å². The Balaban J connectivity index is 2.01. The van der Waals surface area contributed by atoms with E-state index >= 15 is 0 Å². The van der Waals surface area contributed by atoms with Crippen molar-refractivity contribution < 1.29 is 9.90 Å². The van der Waals surface area contributed by atoms with Crippen LogP contribution in [-0.2, 0) is 4.79 Å². The van der Waals surface area contributed by atoms with E-state index in [-0.39, 0.29) is 12.0 Å². The van der Waals surface area contributed by atoms with Gasteiger partial charge in [-0.3, -0.25) is 9.69 Å². The molecule has 2 rings (SSSR count). The lowest BCUT2D eigenvalue weighted by atomic mass is 10.1. The number of amides is 1. The summed E-state index contributed by atoms with van der Waals surface area (Å²) >= 11 is 0. The fraction of sp³-hybridized carbons (Fsp3) is 0.562. The molecule has 1 aromatic carbocycles. The van der Waals surface area contributed by atoms with Gasteiger partial charge >= 0.3 is 0 Å². The Morgan fingerprint density at radius 2 is 2.00 bits per heavy atom. The van der Waals surface area contributed by atoms with Crippen LogP contribution in [0.4, 0.5) is 5.69 Å². The number of hydrogen-bond donors (Lipinski definition) is 1. The second-order valence-electron chi connectivity index (χ2n) is 5.43. The second kappa shape index (κ2) is 6.86. The van der Waals surface area contributed by atoms with Gasteiger partial charge in [-0.2, -0.15) is 0 Å². The van der Waals surface area contributed by atoms with Crippen molar-refractivity contribution in [2.45, 2.75) is 32.8 Å². The molecular formula is C16H24N2O2. The summed E-state index contributed by atoms with van der Waals surface area (Å²) in [6, 6.07) is 7.98. The van der Waals surface area contributed by atoms with E-state index in [4.69, 9.17) is 0 Å². The number of carbonyl (C=O) groups is 1. The standard InChI is InChI=1S/C16H24N2O2/c1-3-18(15-7-5-4-6-13(15)2)16(20)12-17-10-8-14(19)9-11-17/h4-7,14,19H,3,8-12H2,1-2H3. The van der Waals surface area contributed by atoms with E-state index in [1.54, 1.807) is 0 Å². The van der Waals surface area contributed by atoms with Crippen LogP contribution in [0.3, 0.4) is 0 Å². The minimum atomic E-state index is -0.194. The van der Waals surface area contributed by atoms with Crippen molar-refractivity contribution in [1.82, 2.24) is 4.90 Å². The molecule has 4 nitrogen and oxygen atoms in total. The number of likely N-dealkylation sites (N-methyl/N-ethyl adjacent to an activating group) is 1. The van der Waals surface area contributed by atoms with Crippen molar-refractivity contribution in [1.29, 1.82) is 0 Å². The molecule has 1 aliphatic heterocycles. The molecule has 0 aromatic heterocycles. The van der Waals surface area contributed by atoms with E-state index in [0.717, 1.165) is 37.2 Å². The van der Waals surface area contributed by atoms with Crippen molar-refractivity contribution in [2.75, 3.05) is 31.1 Å². The van der Waals surface area contributed by atoms with Crippen LogP contribution in [0.25, 0.3) is 0 Å². The highest BCUT2D eigenvalue weighted by Gasteiger charge is 2.22. The lowest BCUT2D eigenvalue weighted by Crippen LogP contribution is -2.44. The van der Waals surface area contributed by atoms with Crippen molar-refractivity contribution in [2.24, 2.45) is 0 Å². The minimum absolute atomic E-state index is 0.137. The molecule has 0 unspecified atom stereocenters. The number of nitrogens with zero attached hydrogens (tertiary/aromatic N) is 2. The van der Waals surface area contributed by atoms with E-state index in [1.807, 2.05) is 43.0 Å². The summed E-state index contributed by atoms with van der Waals surface area (Å²) in [5.74, 6) is 0.137. The molecule has 20 heavy (non-hydrogen) atoms. The maximum absolute atomic E-state index is 12.5. The highest BCUT2D eigenvalue weighted by Crippen LogP contribution is 2.20. The number of likely N-dealkylation sites (tertiary alicyclic amines) is 1. The number of benzene rings is 1. The molecule has 1 aromatic rings. The minimum Gasteiger partial charge on any atom is -0.393 e. The van der Waals surface area contributed by atoms with Gasteiger partial charge in [-0.1, -0.05) is 18.2 Å². The molecule has 1 fully saturated rings. The first kappa shape index (κ1) is 15.0. The molecule has 1 N–H and O–H groups in total. The van der Waals surface area contributed by atoms with Crippen LogP contribution in [0.5, 0.6) is 0 Å². The van der Waals surface area contributed by atoms with Gasteiger partial charge in [0.15, 0.2) is 0 Å². The van der Waals surface area contributed by atoms with Crippen molar-refractivity contribution in [3.63, 3.8) is 0 Å². The summed E-state index contributed by atoms with van der Waals surface area (Å²) in [4.78, 5) is 16.5. The number of aliphatic hydroxyl groups is 1. The number of anilines is 1. The third-order valence-corrected chi connectivity index (χ3v) is 3.94. The molecule has 110 valence electrons. The Labute approximate surface area is 121 Å². The summed E-state index contributed by atoms with van der Waals surface area (Å²) in [5.41, 5.74) is 2.12. The lowest BCUT2D eigenvalue weighted by molar-refractivity contribution is -0.120. The molecule has 4 heteroatoms. The quantitative estimate of drug-likeness (QED) is 0.912. The zero-order chi connectivity index (χ0) is 14.5. The van der Waals surface area contributed by atoms with Gasteiger partial charge < -0.3 is 10.0 Å². The van der Waals surface area contributed by atoms with Gasteiger partial charge in [0.1, 0.15) is 0 Å². The van der Waals surface area contributed by atoms with Gasteiger partial charge in [-0.05, 0) is 38.3 Å². The van der Waals surface area contributed by atoms with Crippen LogP contribution < -0.4 is 4.90 Å². The molecule has 1 heterocycles. The fourth-order valence-corrected chi connectivity index (χ4v) is 2.70. The average Bonchev–Trinajstić information content (AvgIpc) is 2.44. The predicted octanol–water partition coefficient (Wildman–Crippen LogP) is 1.80. The Kier molecular flexibility index (Phi) is 5.15. The molecule has 0 aliphatic carbocycles.